The van der Waals surface area contributed by atoms with E-state index in [1.54, 1.807) is 11.8 Å². The first kappa shape index (κ1) is 13.0. The molecule has 1 aromatic heterocycles. The minimum Gasteiger partial charge on any atom is -0.324 e. The number of benzene rings is 1. The number of rotatable bonds is 6. The van der Waals surface area contributed by atoms with Crippen LogP contribution in [0.15, 0.2) is 24.3 Å². The van der Waals surface area contributed by atoms with Gasteiger partial charge in [0.15, 0.2) is 0 Å². The zero-order valence-corrected chi connectivity index (χ0v) is 11.2. The molecule has 0 unspecified atom stereocenters. The Bertz CT molecular complexity index is 491. The summed E-state index contributed by atoms with van der Waals surface area (Å²) >= 11 is 1.66. The Hall–Kier alpha value is -1.49. The quantitative estimate of drug-likeness (QED) is 0.788. The Labute approximate surface area is 111 Å². The van der Waals surface area contributed by atoms with Crippen LogP contribution in [0.2, 0.25) is 0 Å². The topological polar surface area (TPSA) is 57.8 Å². The highest BCUT2D eigenvalue weighted by Gasteiger charge is 2.06. The number of unbranched alkanes of at least 4 members (excludes halogenated alkanes) is 1. The van der Waals surface area contributed by atoms with Gasteiger partial charge in [-0.2, -0.15) is 11.8 Å². The highest BCUT2D eigenvalue weighted by Crippen LogP contribution is 2.13. The maximum Gasteiger partial charge on any atom is 0.236 e. The Morgan fingerprint density at radius 1 is 1.44 bits per heavy atom. The van der Waals surface area contributed by atoms with Crippen LogP contribution >= 0.6 is 11.8 Å². The van der Waals surface area contributed by atoms with Crippen LogP contribution < -0.4 is 5.32 Å². The zero-order chi connectivity index (χ0) is 12.8. The Morgan fingerprint density at radius 2 is 2.28 bits per heavy atom. The van der Waals surface area contributed by atoms with Crippen LogP contribution in [-0.4, -0.2) is 27.4 Å². The van der Waals surface area contributed by atoms with Gasteiger partial charge in [0.2, 0.25) is 11.9 Å². The van der Waals surface area contributed by atoms with E-state index in [-0.39, 0.29) is 5.91 Å². The summed E-state index contributed by atoms with van der Waals surface area (Å²) in [4.78, 5) is 19.0. The van der Waals surface area contributed by atoms with Crippen LogP contribution in [0.4, 0.5) is 5.95 Å². The molecule has 0 radical (unpaired) electrons. The SMILES string of the molecule is CCCCSCC(=O)Nc1nc2ccccc2[nH]1. The lowest BCUT2D eigenvalue weighted by Crippen LogP contribution is -2.15. The summed E-state index contributed by atoms with van der Waals surface area (Å²) in [7, 11) is 0. The Morgan fingerprint density at radius 3 is 3.06 bits per heavy atom. The molecule has 2 N–H and O–H groups in total. The fraction of sp³-hybridized carbons (Fsp3) is 0.385. The van der Waals surface area contributed by atoms with Crippen molar-refractivity contribution in [3.05, 3.63) is 24.3 Å². The molecule has 0 atom stereocenters. The van der Waals surface area contributed by atoms with Gasteiger partial charge in [0, 0.05) is 0 Å². The molecule has 5 heteroatoms. The number of H-pyrrole nitrogens is 1. The van der Waals surface area contributed by atoms with Gasteiger partial charge in [0.25, 0.3) is 0 Å². The lowest BCUT2D eigenvalue weighted by molar-refractivity contribution is -0.113. The normalized spacial score (nSPS) is 10.7. The predicted octanol–water partition coefficient (Wildman–Crippen LogP) is 3.03. The van der Waals surface area contributed by atoms with Gasteiger partial charge in [-0.25, -0.2) is 4.98 Å². The van der Waals surface area contributed by atoms with E-state index >= 15 is 0 Å². The van der Waals surface area contributed by atoms with E-state index in [9.17, 15) is 4.79 Å². The van der Waals surface area contributed by atoms with Crippen LogP contribution in [0.1, 0.15) is 19.8 Å². The number of nitrogens with zero attached hydrogens (tertiary/aromatic N) is 1. The largest absolute Gasteiger partial charge is 0.324 e. The second kappa shape index (κ2) is 6.44. The van der Waals surface area contributed by atoms with E-state index in [1.807, 2.05) is 24.3 Å². The monoisotopic (exact) mass is 263 g/mol. The standard InChI is InChI=1S/C13H17N3OS/c1-2-3-8-18-9-12(17)16-13-14-10-6-4-5-7-11(10)15-13/h4-7H,2-3,8-9H2,1H3,(H2,14,15,16,17). The molecule has 0 bridgehead atoms. The number of anilines is 1. The zero-order valence-electron chi connectivity index (χ0n) is 10.4. The van der Waals surface area contributed by atoms with Crippen molar-refractivity contribution in [3.63, 3.8) is 0 Å². The molecule has 96 valence electrons. The number of hydrogen-bond acceptors (Lipinski definition) is 3. The van der Waals surface area contributed by atoms with E-state index in [0.29, 0.717) is 11.7 Å². The molecular weight excluding hydrogens is 246 g/mol. The van der Waals surface area contributed by atoms with Crippen molar-refractivity contribution < 1.29 is 4.79 Å². The first-order valence-corrected chi connectivity index (χ1v) is 7.27. The number of fused-ring (bicyclic) bond motifs is 1. The van der Waals surface area contributed by atoms with Crippen LogP contribution in [0.25, 0.3) is 11.0 Å². The van der Waals surface area contributed by atoms with Crippen LogP contribution in [0, 0.1) is 0 Å². The second-order valence-corrected chi connectivity index (χ2v) is 5.16. The molecule has 0 aliphatic heterocycles. The molecule has 1 amide bonds. The van der Waals surface area contributed by atoms with Crippen LogP contribution in [-0.2, 0) is 4.79 Å². The Balaban J connectivity index is 1.86. The average molecular weight is 263 g/mol. The maximum atomic E-state index is 11.7. The van der Waals surface area contributed by atoms with Crippen molar-refractivity contribution in [2.75, 3.05) is 16.8 Å². The summed E-state index contributed by atoms with van der Waals surface area (Å²) in [6.07, 6.45) is 2.32. The van der Waals surface area contributed by atoms with Crippen molar-refractivity contribution in [1.82, 2.24) is 9.97 Å². The number of imidazole rings is 1. The average Bonchev–Trinajstić information content (AvgIpc) is 2.76. The summed E-state index contributed by atoms with van der Waals surface area (Å²) in [6.45, 7) is 2.15. The summed E-state index contributed by atoms with van der Waals surface area (Å²) < 4.78 is 0. The van der Waals surface area contributed by atoms with Crippen molar-refractivity contribution in [3.8, 4) is 0 Å². The molecule has 1 heterocycles. The summed E-state index contributed by atoms with van der Waals surface area (Å²) in [6, 6.07) is 7.72. The Kier molecular flexibility index (Phi) is 4.64. The number of para-hydroxylation sites is 2. The molecule has 0 saturated carbocycles. The van der Waals surface area contributed by atoms with Gasteiger partial charge < -0.3 is 4.98 Å². The number of carbonyl (C=O) groups excluding carboxylic acids is 1. The van der Waals surface area contributed by atoms with Crippen LogP contribution in [0.3, 0.4) is 0 Å². The lowest BCUT2D eigenvalue weighted by atomic mass is 10.3. The molecule has 0 saturated heterocycles. The molecule has 0 spiro atoms. The van der Waals surface area contributed by atoms with Gasteiger partial charge in [-0.1, -0.05) is 25.5 Å². The number of amides is 1. The van der Waals surface area contributed by atoms with Crippen molar-refractivity contribution in [2.24, 2.45) is 0 Å². The maximum absolute atomic E-state index is 11.7. The predicted molar refractivity (Wildman–Crippen MR) is 77.0 cm³/mol. The first-order valence-electron chi connectivity index (χ1n) is 6.12. The summed E-state index contributed by atoms with van der Waals surface area (Å²) in [5.74, 6) is 2.04. The minimum atomic E-state index is -0.00448. The number of carbonyl (C=O) groups is 1. The van der Waals surface area contributed by atoms with Gasteiger partial charge in [-0.3, -0.25) is 10.1 Å². The molecule has 18 heavy (non-hydrogen) atoms. The molecule has 0 aliphatic carbocycles. The summed E-state index contributed by atoms with van der Waals surface area (Å²) in [5, 5.41) is 2.78. The van der Waals surface area contributed by atoms with E-state index in [4.69, 9.17) is 0 Å². The number of nitrogens with one attached hydrogen (secondary N) is 2. The van der Waals surface area contributed by atoms with E-state index in [1.165, 1.54) is 0 Å². The highest BCUT2D eigenvalue weighted by molar-refractivity contribution is 7.99. The van der Waals surface area contributed by atoms with Gasteiger partial charge >= 0.3 is 0 Å². The smallest absolute Gasteiger partial charge is 0.236 e. The van der Waals surface area contributed by atoms with Crippen molar-refractivity contribution in [1.29, 1.82) is 0 Å². The number of hydrogen-bond donors (Lipinski definition) is 2. The molecule has 4 nitrogen and oxygen atoms in total. The fourth-order valence-corrected chi connectivity index (χ4v) is 2.49. The third-order valence-corrected chi connectivity index (χ3v) is 3.57. The number of thioether (sulfide) groups is 1. The van der Waals surface area contributed by atoms with Gasteiger partial charge in [-0.05, 0) is 24.3 Å². The third kappa shape index (κ3) is 3.50. The lowest BCUT2D eigenvalue weighted by Gasteiger charge is -2.01. The fourth-order valence-electron chi connectivity index (χ4n) is 1.59. The molecule has 2 aromatic rings. The molecule has 1 aromatic carbocycles. The van der Waals surface area contributed by atoms with E-state index in [2.05, 4.69) is 22.2 Å². The second-order valence-electron chi connectivity index (χ2n) is 4.06. The number of aromatic nitrogens is 2. The van der Waals surface area contributed by atoms with Crippen molar-refractivity contribution in [2.45, 2.75) is 19.8 Å². The van der Waals surface area contributed by atoms with Gasteiger partial charge in [-0.15, -0.1) is 0 Å². The van der Waals surface area contributed by atoms with Crippen LogP contribution in [0.5, 0.6) is 0 Å². The first-order chi connectivity index (χ1) is 8.79. The highest BCUT2D eigenvalue weighted by atomic mass is 32.2. The minimum absolute atomic E-state index is 0.00448. The molecule has 2 rings (SSSR count). The molecule has 0 aliphatic rings. The van der Waals surface area contributed by atoms with Gasteiger partial charge in [0.1, 0.15) is 0 Å². The van der Waals surface area contributed by atoms with E-state index < -0.39 is 0 Å². The molecular formula is C13H17N3OS. The summed E-state index contributed by atoms with van der Waals surface area (Å²) in [5.41, 5.74) is 1.80. The molecule has 0 fully saturated rings. The van der Waals surface area contributed by atoms with Crippen molar-refractivity contribution >= 4 is 34.7 Å². The van der Waals surface area contributed by atoms with E-state index in [0.717, 1.165) is 29.6 Å². The van der Waals surface area contributed by atoms with Gasteiger partial charge in [0.05, 0.1) is 16.8 Å². The number of aromatic amines is 1. The third-order valence-electron chi connectivity index (χ3n) is 2.52.